The molecule has 0 saturated heterocycles. The van der Waals surface area contributed by atoms with Crippen LogP contribution in [0.4, 0.5) is 10.1 Å². The number of rotatable bonds is 8. The number of aromatic nitrogens is 2. The first-order valence-electron chi connectivity index (χ1n) is 10.4. The van der Waals surface area contributed by atoms with E-state index in [0.717, 1.165) is 36.1 Å². The third-order valence-corrected chi connectivity index (χ3v) is 9.01. The second-order valence-corrected chi connectivity index (χ2v) is 11.8. The van der Waals surface area contributed by atoms with Crippen molar-refractivity contribution in [3.8, 4) is 0 Å². The van der Waals surface area contributed by atoms with E-state index in [9.17, 15) is 14.4 Å². The van der Waals surface area contributed by atoms with Crippen LogP contribution in [0.2, 0.25) is 0 Å². The van der Waals surface area contributed by atoms with Crippen LogP contribution >= 0.6 is 45.8 Å². The van der Waals surface area contributed by atoms with E-state index in [4.69, 9.17) is 4.74 Å². The normalized spacial score (nSPS) is 13.8. The van der Waals surface area contributed by atoms with Crippen LogP contribution in [-0.2, 0) is 22.4 Å². The molecule has 0 spiro atoms. The highest BCUT2D eigenvalue weighted by atomic mass is 32.2. The average Bonchev–Trinajstić information content (AvgIpc) is 3.53. The maximum Gasteiger partial charge on any atom is 0.341 e. The van der Waals surface area contributed by atoms with Crippen molar-refractivity contribution in [1.82, 2.24) is 10.2 Å². The molecule has 1 aliphatic carbocycles. The molecule has 1 atom stereocenters. The number of ether oxygens (including phenoxy) is 1. The number of carbonyl (C=O) groups excluding carboxylic acids is 3. The number of thioether (sulfide) groups is 1. The van der Waals surface area contributed by atoms with Gasteiger partial charge in [0.1, 0.15) is 5.00 Å². The zero-order valence-electron chi connectivity index (χ0n) is 18.0. The van der Waals surface area contributed by atoms with Crippen molar-refractivity contribution >= 4 is 73.7 Å². The van der Waals surface area contributed by atoms with Gasteiger partial charge in [-0.2, -0.15) is 0 Å². The zero-order valence-corrected chi connectivity index (χ0v) is 21.3. The molecule has 1 aliphatic rings. The molecule has 1 unspecified atom stereocenters. The van der Waals surface area contributed by atoms with E-state index >= 15 is 0 Å². The number of thiophene rings is 2. The van der Waals surface area contributed by atoms with E-state index in [1.807, 2.05) is 5.38 Å². The fraction of sp³-hybridized carbons (Fsp3) is 0.381. The van der Waals surface area contributed by atoms with Crippen LogP contribution in [0.5, 0.6) is 0 Å². The van der Waals surface area contributed by atoms with Gasteiger partial charge in [0, 0.05) is 4.88 Å². The van der Waals surface area contributed by atoms with Crippen molar-refractivity contribution in [2.75, 3.05) is 17.2 Å². The molecular formula is C21H22N4O4S4. The van der Waals surface area contributed by atoms with Crippen LogP contribution in [0.15, 0.2) is 21.9 Å². The van der Waals surface area contributed by atoms with E-state index in [1.54, 1.807) is 26.0 Å². The Morgan fingerprint density at radius 3 is 2.76 bits per heavy atom. The molecule has 3 aromatic rings. The van der Waals surface area contributed by atoms with E-state index in [1.165, 1.54) is 45.8 Å². The molecule has 2 N–H and O–H groups in total. The summed E-state index contributed by atoms with van der Waals surface area (Å²) in [6.45, 7) is 3.82. The minimum Gasteiger partial charge on any atom is -0.462 e. The zero-order chi connectivity index (χ0) is 23.4. The van der Waals surface area contributed by atoms with Crippen molar-refractivity contribution in [2.24, 2.45) is 0 Å². The van der Waals surface area contributed by atoms with Gasteiger partial charge in [0.15, 0.2) is 4.34 Å². The molecule has 0 bridgehead atoms. The first kappa shape index (κ1) is 23.9. The van der Waals surface area contributed by atoms with Gasteiger partial charge in [-0.05, 0) is 56.5 Å². The average molecular weight is 523 g/mol. The Labute approximate surface area is 207 Å². The maximum atomic E-state index is 12.9. The van der Waals surface area contributed by atoms with Crippen LogP contribution in [-0.4, -0.2) is 39.8 Å². The molecule has 2 amide bonds. The molecule has 0 aromatic carbocycles. The maximum absolute atomic E-state index is 12.9. The van der Waals surface area contributed by atoms with Crippen LogP contribution in [0, 0.1) is 0 Å². The van der Waals surface area contributed by atoms with Gasteiger partial charge in [0.25, 0.3) is 5.91 Å². The lowest BCUT2D eigenvalue weighted by Crippen LogP contribution is -2.23. The lowest BCUT2D eigenvalue weighted by atomic mass is 9.95. The van der Waals surface area contributed by atoms with E-state index in [-0.39, 0.29) is 24.4 Å². The number of hydrogen-bond donors (Lipinski definition) is 2. The summed E-state index contributed by atoms with van der Waals surface area (Å²) in [6, 6.07) is 3.54. The third-order valence-electron chi connectivity index (χ3n) is 4.91. The summed E-state index contributed by atoms with van der Waals surface area (Å²) in [5.41, 5.74) is 1.51. The van der Waals surface area contributed by atoms with Crippen molar-refractivity contribution in [2.45, 2.75) is 49.1 Å². The van der Waals surface area contributed by atoms with Crippen molar-refractivity contribution in [1.29, 1.82) is 0 Å². The third kappa shape index (κ3) is 5.62. The number of aryl methyl sites for hydroxylation is 1. The van der Waals surface area contributed by atoms with E-state index < -0.39 is 5.25 Å². The molecule has 0 radical (unpaired) electrons. The minimum absolute atomic E-state index is 0.233. The molecule has 8 nitrogen and oxygen atoms in total. The lowest BCUT2D eigenvalue weighted by Gasteiger charge is -2.13. The van der Waals surface area contributed by atoms with Gasteiger partial charge >= 0.3 is 5.97 Å². The summed E-state index contributed by atoms with van der Waals surface area (Å²) in [5.74, 6) is -0.858. The summed E-state index contributed by atoms with van der Waals surface area (Å²) in [5, 5.41) is 16.0. The highest BCUT2D eigenvalue weighted by Gasteiger charge is 2.28. The monoisotopic (exact) mass is 522 g/mol. The van der Waals surface area contributed by atoms with Crippen LogP contribution in [0.1, 0.15) is 57.2 Å². The number of fused-ring (bicyclic) bond motifs is 1. The summed E-state index contributed by atoms with van der Waals surface area (Å²) in [6.07, 6.45) is 3.85. The summed E-state index contributed by atoms with van der Waals surface area (Å²) < 4.78 is 5.82. The van der Waals surface area contributed by atoms with Gasteiger partial charge in [-0.1, -0.05) is 29.2 Å². The van der Waals surface area contributed by atoms with Gasteiger partial charge in [-0.25, -0.2) is 4.79 Å². The highest BCUT2D eigenvalue weighted by Crippen LogP contribution is 2.39. The number of hydrogen-bond acceptors (Lipinski definition) is 10. The highest BCUT2D eigenvalue weighted by molar-refractivity contribution is 8.02. The standard InChI is InChI=1S/C21H22N4O4S4/c1-3-29-19(28)15-12-7-4-5-8-13(12)32-18(15)22-16(26)11(2)31-21-25-24-20(33-21)23-17(27)14-9-6-10-30-14/h6,9-11H,3-5,7-8H2,1-2H3,(H,22,26)(H,23,24,27). The van der Waals surface area contributed by atoms with Gasteiger partial charge in [-0.15, -0.1) is 32.9 Å². The Kier molecular flexibility index (Phi) is 7.78. The fourth-order valence-corrected chi connectivity index (χ4v) is 7.16. The molecule has 3 heterocycles. The topological polar surface area (TPSA) is 110 Å². The second kappa shape index (κ2) is 10.8. The van der Waals surface area contributed by atoms with Gasteiger partial charge in [0.05, 0.1) is 22.3 Å². The second-order valence-electron chi connectivity index (χ2n) is 7.19. The Balaban J connectivity index is 1.41. The van der Waals surface area contributed by atoms with Crippen LogP contribution < -0.4 is 10.6 Å². The largest absolute Gasteiger partial charge is 0.462 e. The van der Waals surface area contributed by atoms with Crippen molar-refractivity contribution in [3.63, 3.8) is 0 Å². The SMILES string of the molecule is CCOC(=O)c1c(NC(=O)C(C)Sc2nnc(NC(=O)c3cccs3)s2)sc2c1CCCC2. The predicted molar refractivity (Wildman–Crippen MR) is 133 cm³/mol. The molecule has 3 aromatic heterocycles. The van der Waals surface area contributed by atoms with Gasteiger partial charge < -0.3 is 10.1 Å². The molecular weight excluding hydrogens is 501 g/mol. The molecule has 0 fully saturated rings. The molecule has 0 aliphatic heterocycles. The first-order chi connectivity index (χ1) is 16.0. The molecule has 4 rings (SSSR count). The number of esters is 1. The van der Waals surface area contributed by atoms with Gasteiger partial charge in [-0.3, -0.25) is 14.9 Å². The summed E-state index contributed by atoms with van der Waals surface area (Å²) in [4.78, 5) is 39.4. The fourth-order valence-electron chi connectivity index (χ4n) is 3.37. The van der Waals surface area contributed by atoms with Gasteiger partial charge in [0.2, 0.25) is 11.0 Å². The number of amides is 2. The number of nitrogens with zero attached hydrogens (tertiary/aromatic N) is 2. The predicted octanol–water partition coefficient (Wildman–Crippen LogP) is 5.09. The Bertz CT molecular complexity index is 1160. The molecule has 0 saturated carbocycles. The smallest absolute Gasteiger partial charge is 0.341 e. The summed E-state index contributed by atoms with van der Waals surface area (Å²) in [7, 11) is 0. The lowest BCUT2D eigenvalue weighted by molar-refractivity contribution is -0.115. The number of nitrogens with one attached hydrogen (secondary N) is 2. The molecule has 33 heavy (non-hydrogen) atoms. The van der Waals surface area contributed by atoms with Crippen LogP contribution in [0.3, 0.4) is 0 Å². The van der Waals surface area contributed by atoms with E-state index in [2.05, 4.69) is 20.8 Å². The molecule has 12 heteroatoms. The van der Waals surface area contributed by atoms with Crippen molar-refractivity contribution in [3.05, 3.63) is 38.4 Å². The quantitative estimate of drug-likeness (QED) is 0.241. The first-order valence-corrected chi connectivity index (χ1v) is 13.8. The van der Waals surface area contributed by atoms with Crippen molar-refractivity contribution < 1.29 is 19.1 Å². The summed E-state index contributed by atoms with van der Waals surface area (Å²) >= 11 is 5.26. The Hall–Kier alpha value is -2.28. The van der Waals surface area contributed by atoms with Crippen LogP contribution in [0.25, 0.3) is 0 Å². The minimum atomic E-state index is -0.479. The Morgan fingerprint density at radius 2 is 2.00 bits per heavy atom. The number of carbonyl (C=O) groups is 3. The van der Waals surface area contributed by atoms with E-state index in [0.29, 0.717) is 24.9 Å². The number of anilines is 2. The Morgan fingerprint density at radius 1 is 1.18 bits per heavy atom. The molecule has 174 valence electrons.